The molecule has 1 spiro atoms. The molecule has 5 rings (SSSR count). The maximum absolute atomic E-state index is 6.59. The van der Waals surface area contributed by atoms with E-state index in [2.05, 4.69) is 50.8 Å². The molecule has 5 heteroatoms. The van der Waals surface area contributed by atoms with Gasteiger partial charge in [-0.05, 0) is 77.0 Å². The second-order valence-electron chi connectivity index (χ2n) is 10.4. The predicted octanol–water partition coefficient (Wildman–Crippen LogP) is 3.70. The van der Waals surface area contributed by atoms with Gasteiger partial charge in [-0.1, -0.05) is 18.6 Å². The van der Waals surface area contributed by atoms with Gasteiger partial charge in [-0.15, -0.1) is 0 Å². The van der Waals surface area contributed by atoms with Crippen molar-refractivity contribution in [3.05, 3.63) is 23.8 Å². The van der Waals surface area contributed by atoms with Gasteiger partial charge in [-0.2, -0.15) is 0 Å². The van der Waals surface area contributed by atoms with Gasteiger partial charge in [0.1, 0.15) is 11.4 Å². The molecule has 0 N–H and O–H groups in total. The molecule has 3 fully saturated rings. The summed E-state index contributed by atoms with van der Waals surface area (Å²) in [5, 5.41) is 0. The van der Waals surface area contributed by atoms with Gasteiger partial charge < -0.3 is 18.9 Å². The summed E-state index contributed by atoms with van der Waals surface area (Å²) in [5.74, 6) is 1.07. The molecule has 4 aliphatic rings. The molecule has 2 saturated heterocycles. The molecule has 1 atom stereocenters. The van der Waals surface area contributed by atoms with Crippen LogP contribution in [0.3, 0.4) is 0 Å². The summed E-state index contributed by atoms with van der Waals surface area (Å²) >= 11 is 0. The second-order valence-corrected chi connectivity index (χ2v) is 10.4. The summed E-state index contributed by atoms with van der Waals surface area (Å²) in [6, 6.07) is 7.37. The minimum absolute atomic E-state index is 0.00458. The van der Waals surface area contributed by atoms with Gasteiger partial charge in [0, 0.05) is 25.4 Å². The van der Waals surface area contributed by atoms with E-state index in [1.807, 2.05) is 0 Å². The normalized spacial score (nSPS) is 32.1. The molecular formula is C23H34BNO3. The minimum Gasteiger partial charge on any atom is -0.487 e. The lowest BCUT2D eigenvalue weighted by Crippen LogP contribution is -2.42. The van der Waals surface area contributed by atoms with Crippen LogP contribution in [0.4, 0.5) is 0 Å². The third kappa shape index (κ3) is 3.10. The lowest BCUT2D eigenvalue weighted by molar-refractivity contribution is 0.00578. The van der Waals surface area contributed by atoms with Crippen LogP contribution >= 0.6 is 0 Å². The number of rotatable bonds is 2. The van der Waals surface area contributed by atoms with E-state index < -0.39 is 0 Å². The Morgan fingerprint density at radius 3 is 2.39 bits per heavy atom. The Hall–Kier alpha value is -1.04. The Morgan fingerprint density at radius 1 is 0.964 bits per heavy atom. The first-order valence-electron chi connectivity index (χ1n) is 11.2. The Kier molecular flexibility index (Phi) is 4.39. The van der Waals surface area contributed by atoms with Crippen molar-refractivity contribution in [3.8, 4) is 5.75 Å². The van der Waals surface area contributed by atoms with Crippen LogP contribution in [0, 0.1) is 0 Å². The van der Waals surface area contributed by atoms with Crippen LogP contribution in [0.1, 0.15) is 71.8 Å². The van der Waals surface area contributed by atoms with Crippen molar-refractivity contribution in [3.63, 3.8) is 0 Å². The van der Waals surface area contributed by atoms with E-state index in [1.54, 1.807) is 0 Å². The summed E-state index contributed by atoms with van der Waals surface area (Å²) in [6.07, 6.45) is 8.77. The monoisotopic (exact) mass is 383 g/mol. The SMILES string of the molecule is CC1(C)OB(c2ccc3c(c2)CC2(CCCN(C4CCC4)CC2)O3)OC1(C)C. The van der Waals surface area contributed by atoms with Gasteiger partial charge in [0.25, 0.3) is 0 Å². The average molecular weight is 383 g/mol. The first-order chi connectivity index (χ1) is 13.3. The first-order valence-corrected chi connectivity index (χ1v) is 11.2. The van der Waals surface area contributed by atoms with Crippen molar-refractivity contribution in [2.24, 2.45) is 0 Å². The first kappa shape index (κ1) is 19.0. The van der Waals surface area contributed by atoms with Crippen LogP contribution < -0.4 is 10.2 Å². The Labute approximate surface area is 170 Å². The van der Waals surface area contributed by atoms with Gasteiger partial charge in [-0.25, -0.2) is 0 Å². The number of fused-ring (bicyclic) bond motifs is 1. The number of ether oxygens (including phenoxy) is 1. The summed E-state index contributed by atoms with van der Waals surface area (Å²) in [6.45, 7) is 10.9. The van der Waals surface area contributed by atoms with Crippen molar-refractivity contribution in [1.29, 1.82) is 0 Å². The highest BCUT2D eigenvalue weighted by Gasteiger charge is 2.52. The number of benzene rings is 1. The van der Waals surface area contributed by atoms with Crippen molar-refractivity contribution < 1.29 is 14.0 Å². The zero-order valence-electron chi connectivity index (χ0n) is 17.9. The third-order valence-corrected chi connectivity index (χ3v) is 7.97. The molecule has 1 unspecified atom stereocenters. The number of likely N-dealkylation sites (tertiary alicyclic amines) is 1. The molecule has 28 heavy (non-hydrogen) atoms. The maximum atomic E-state index is 6.59. The Bertz CT molecular complexity index is 744. The molecule has 1 aliphatic carbocycles. The molecule has 3 heterocycles. The molecule has 0 amide bonds. The van der Waals surface area contributed by atoms with Crippen LogP contribution in [0.5, 0.6) is 5.75 Å². The zero-order valence-corrected chi connectivity index (χ0v) is 17.9. The van der Waals surface area contributed by atoms with E-state index in [1.165, 1.54) is 44.3 Å². The van der Waals surface area contributed by atoms with Crippen molar-refractivity contribution >= 4 is 12.6 Å². The van der Waals surface area contributed by atoms with E-state index in [9.17, 15) is 0 Å². The van der Waals surface area contributed by atoms with Crippen LogP contribution in [0.15, 0.2) is 18.2 Å². The van der Waals surface area contributed by atoms with Crippen molar-refractivity contribution in [1.82, 2.24) is 4.90 Å². The van der Waals surface area contributed by atoms with Crippen LogP contribution in [0.2, 0.25) is 0 Å². The largest absolute Gasteiger partial charge is 0.494 e. The standard InChI is InChI=1S/C23H34BNO3/c1-21(2)22(3,4)28-24(27-21)18-9-10-20-17(15-18)16-23(26-20)11-6-13-25(14-12-23)19-7-5-8-19/h9-10,15,19H,5-8,11-14,16H2,1-4H3. The number of nitrogens with zero attached hydrogens (tertiary/aromatic N) is 1. The Balaban J connectivity index is 1.31. The quantitative estimate of drug-likeness (QED) is 0.729. The van der Waals surface area contributed by atoms with Crippen molar-refractivity contribution in [2.75, 3.05) is 13.1 Å². The summed E-state index contributed by atoms with van der Waals surface area (Å²) < 4.78 is 19.1. The predicted molar refractivity (Wildman–Crippen MR) is 112 cm³/mol. The minimum atomic E-state index is -0.305. The lowest BCUT2D eigenvalue weighted by Gasteiger charge is -2.37. The summed E-state index contributed by atoms with van der Waals surface area (Å²) in [4.78, 5) is 2.72. The smallest absolute Gasteiger partial charge is 0.487 e. The highest BCUT2D eigenvalue weighted by atomic mass is 16.7. The average Bonchev–Trinajstić information content (AvgIpc) is 2.95. The summed E-state index contributed by atoms with van der Waals surface area (Å²) in [7, 11) is -0.296. The van der Waals surface area contributed by atoms with Crippen LogP contribution in [-0.4, -0.2) is 48.0 Å². The van der Waals surface area contributed by atoms with Crippen LogP contribution in [-0.2, 0) is 15.7 Å². The zero-order chi connectivity index (χ0) is 19.6. The third-order valence-electron chi connectivity index (χ3n) is 7.97. The second kappa shape index (κ2) is 6.48. The van der Waals surface area contributed by atoms with E-state index in [0.29, 0.717) is 0 Å². The molecule has 4 nitrogen and oxygen atoms in total. The van der Waals surface area contributed by atoms with E-state index in [0.717, 1.165) is 36.5 Å². The van der Waals surface area contributed by atoms with Gasteiger partial charge in [0.05, 0.1) is 11.2 Å². The molecule has 0 aromatic heterocycles. The highest BCUT2D eigenvalue weighted by molar-refractivity contribution is 6.62. The fourth-order valence-corrected chi connectivity index (χ4v) is 5.16. The van der Waals surface area contributed by atoms with E-state index in [-0.39, 0.29) is 23.9 Å². The molecule has 0 bridgehead atoms. The highest BCUT2D eigenvalue weighted by Crippen LogP contribution is 2.42. The van der Waals surface area contributed by atoms with Crippen molar-refractivity contribution in [2.45, 2.75) is 95.5 Å². The molecular weight excluding hydrogens is 349 g/mol. The van der Waals surface area contributed by atoms with E-state index in [4.69, 9.17) is 14.0 Å². The maximum Gasteiger partial charge on any atom is 0.494 e. The fourth-order valence-electron chi connectivity index (χ4n) is 5.16. The fraction of sp³-hybridized carbons (Fsp3) is 0.739. The number of hydrogen-bond acceptors (Lipinski definition) is 4. The molecule has 1 aromatic carbocycles. The van der Waals surface area contributed by atoms with Crippen LogP contribution in [0.25, 0.3) is 0 Å². The molecule has 1 aromatic rings. The lowest BCUT2D eigenvalue weighted by atomic mass is 9.77. The van der Waals surface area contributed by atoms with Gasteiger partial charge in [0.2, 0.25) is 0 Å². The molecule has 3 aliphatic heterocycles. The molecule has 152 valence electrons. The summed E-state index contributed by atoms with van der Waals surface area (Å²) in [5.41, 5.74) is 1.82. The van der Waals surface area contributed by atoms with Gasteiger partial charge >= 0.3 is 7.12 Å². The molecule has 0 radical (unpaired) electrons. The van der Waals surface area contributed by atoms with E-state index >= 15 is 0 Å². The Morgan fingerprint density at radius 2 is 1.71 bits per heavy atom. The number of hydrogen-bond donors (Lipinski definition) is 0. The van der Waals surface area contributed by atoms with Gasteiger partial charge in [0.15, 0.2) is 0 Å². The topological polar surface area (TPSA) is 30.9 Å². The molecule has 1 saturated carbocycles. The van der Waals surface area contributed by atoms with Gasteiger partial charge in [-0.3, -0.25) is 0 Å².